The lowest BCUT2D eigenvalue weighted by Gasteiger charge is -2.20. The maximum Gasteiger partial charge on any atom is 0.259 e. The third kappa shape index (κ3) is 4.07. The van der Waals surface area contributed by atoms with Gasteiger partial charge in [-0.3, -0.25) is 4.79 Å². The lowest BCUT2D eigenvalue weighted by atomic mass is 10.2. The zero-order valence-corrected chi connectivity index (χ0v) is 16.1. The highest BCUT2D eigenvalue weighted by molar-refractivity contribution is 9.10. The van der Waals surface area contributed by atoms with Crippen molar-refractivity contribution in [2.24, 2.45) is 0 Å². The first kappa shape index (κ1) is 18.3. The van der Waals surface area contributed by atoms with Crippen molar-refractivity contribution in [3.05, 3.63) is 56.5 Å². The summed E-state index contributed by atoms with van der Waals surface area (Å²) in [6.45, 7) is 0. The molecule has 0 aliphatic carbocycles. The number of hydrogen-bond acceptors (Lipinski definition) is 3. The van der Waals surface area contributed by atoms with Crippen LogP contribution in [0.2, 0.25) is 10.0 Å². The number of sulfone groups is 1. The fraction of sp³-hybridized carbons (Fsp3) is 0.133. The number of rotatable bonds is 3. The van der Waals surface area contributed by atoms with Crippen molar-refractivity contribution in [1.82, 2.24) is 0 Å². The molecular formula is C15H12BrCl2NO3S. The Balaban J connectivity index is 2.47. The highest BCUT2D eigenvalue weighted by Gasteiger charge is 2.21. The molecule has 0 unspecified atom stereocenters. The third-order valence-electron chi connectivity index (χ3n) is 3.17. The molecule has 0 atom stereocenters. The van der Waals surface area contributed by atoms with E-state index >= 15 is 0 Å². The highest BCUT2D eigenvalue weighted by atomic mass is 79.9. The quantitative estimate of drug-likeness (QED) is 0.714. The van der Waals surface area contributed by atoms with Gasteiger partial charge < -0.3 is 4.90 Å². The molecule has 0 heterocycles. The summed E-state index contributed by atoms with van der Waals surface area (Å²) < 4.78 is 24.1. The lowest BCUT2D eigenvalue weighted by Crippen LogP contribution is -2.27. The van der Waals surface area contributed by atoms with Crippen molar-refractivity contribution < 1.29 is 13.2 Å². The van der Waals surface area contributed by atoms with Gasteiger partial charge in [-0.1, -0.05) is 39.1 Å². The first-order valence-electron chi connectivity index (χ1n) is 6.34. The summed E-state index contributed by atoms with van der Waals surface area (Å²) in [6, 6.07) is 9.11. The lowest BCUT2D eigenvalue weighted by molar-refractivity contribution is 0.0993. The van der Waals surface area contributed by atoms with Gasteiger partial charge in [0.1, 0.15) is 0 Å². The van der Waals surface area contributed by atoms with Crippen LogP contribution in [0.25, 0.3) is 0 Å². The fourth-order valence-electron chi connectivity index (χ4n) is 1.94. The van der Waals surface area contributed by atoms with Crippen molar-refractivity contribution in [3.63, 3.8) is 0 Å². The number of halogens is 3. The number of benzene rings is 2. The molecule has 0 aliphatic rings. The summed E-state index contributed by atoms with van der Waals surface area (Å²) in [7, 11) is -1.90. The molecule has 0 fully saturated rings. The molecule has 4 nitrogen and oxygen atoms in total. The molecule has 0 spiro atoms. The maximum absolute atomic E-state index is 12.7. The minimum absolute atomic E-state index is 0.0283. The van der Waals surface area contributed by atoms with Gasteiger partial charge in [-0.15, -0.1) is 0 Å². The van der Waals surface area contributed by atoms with Crippen molar-refractivity contribution in [1.29, 1.82) is 0 Å². The van der Waals surface area contributed by atoms with Gasteiger partial charge in [0.15, 0.2) is 9.84 Å². The van der Waals surface area contributed by atoms with Crippen molar-refractivity contribution in [2.45, 2.75) is 4.90 Å². The van der Waals surface area contributed by atoms with Gasteiger partial charge >= 0.3 is 0 Å². The Bertz CT molecular complexity index is 884. The SMILES string of the molecule is CN(C(=O)c1cc(S(C)(=O)=O)ccc1Cl)c1ccc(Br)cc1Cl. The van der Waals surface area contributed by atoms with E-state index in [1.54, 1.807) is 25.2 Å². The highest BCUT2D eigenvalue weighted by Crippen LogP contribution is 2.30. The molecular weight excluding hydrogens is 425 g/mol. The Morgan fingerprint density at radius 3 is 2.30 bits per heavy atom. The van der Waals surface area contributed by atoms with Gasteiger partial charge in [0.25, 0.3) is 5.91 Å². The van der Waals surface area contributed by atoms with Crippen LogP contribution in [-0.4, -0.2) is 27.6 Å². The Morgan fingerprint density at radius 2 is 1.74 bits per heavy atom. The average molecular weight is 437 g/mol. The first-order valence-corrected chi connectivity index (χ1v) is 9.78. The van der Waals surface area contributed by atoms with Crippen LogP contribution >= 0.6 is 39.1 Å². The second-order valence-electron chi connectivity index (χ2n) is 4.87. The Labute approximate surface area is 153 Å². The van der Waals surface area contributed by atoms with Gasteiger partial charge in [0.05, 0.1) is 26.2 Å². The number of carbonyl (C=O) groups excluding carboxylic acids is 1. The van der Waals surface area contributed by atoms with E-state index in [1.165, 1.54) is 23.1 Å². The molecule has 2 aromatic rings. The minimum atomic E-state index is -3.44. The summed E-state index contributed by atoms with van der Waals surface area (Å²) in [5, 5.41) is 0.549. The molecule has 0 N–H and O–H groups in total. The van der Waals surface area contributed by atoms with Gasteiger partial charge in [-0.05, 0) is 36.4 Å². The fourth-order valence-corrected chi connectivity index (χ4v) is 3.59. The van der Waals surface area contributed by atoms with E-state index in [2.05, 4.69) is 15.9 Å². The van der Waals surface area contributed by atoms with Crippen LogP contribution in [0.1, 0.15) is 10.4 Å². The summed E-state index contributed by atoms with van der Waals surface area (Å²) in [5.41, 5.74) is 0.580. The Kier molecular flexibility index (Phi) is 5.41. The van der Waals surface area contributed by atoms with E-state index in [1.807, 2.05) is 0 Å². The molecule has 0 aromatic heterocycles. The molecule has 0 saturated carbocycles. The third-order valence-corrected chi connectivity index (χ3v) is 5.41. The summed E-state index contributed by atoms with van der Waals surface area (Å²) in [5.74, 6) is -0.454. The van der Waals surface area contributed by atoms with Crippen LogP contribution in [0, 0.1) is 0 Å². The molecule has 8 heteroatoms. The second kappa shape index (κ2) is 6.81. The zero-order chi connectivity index (χ0) is 17.4. The van der Waals surface area contributed by atoms with E-state index in [-0.39, 0.29) is 15.5 Å². The van der Waals surface area contributed by atoms with Gasteiger partial charge in [0.2, 0.25) is 0 Å². The number of amides is 1. The van der Waals surface area contributed by atoms with E-state index in [0.29, 0.717) is 10.7 Å². The topological polar surface area (TPSA) is 54.5 Å². The van der Waals surface area contributed by atoms with Crippen molar-refractivity contribution >= 4 is 60.6 Å². The molecule has 0 bridgehead atoms. The molecule has 122 valence electrons. The molecule has 0 radical (unpaired) electrons. The number of nitrogens with zero attached hydrogens (tertiary/aromatic N) is 1. The van der Waals surface area contributed by atoms with Gasteiger partial charge in [0, 0.05) is 17.8 Å². The summed E-state index contributed by atoms with van der Waals surface area (Å²) in [4.78, 5) is 14.0. The van der Waals surface area contributed by atoms with E-state index in [0.717, 1.165) is 10.7 Å². The van der Waals surface area contributed by atoms with Crippen LogP contribution in [0.15, 0.2) is 45.8 Å². The molecule has 0 aliphatic heterocycles. The minimum Gasteiger partial charge on any atom is -0.310 e. The standard InChI is InChI=1S/C15H12BrCl2NO3S/c1-19(14-6-3-9(16)7-13(14)18)15(20)11-8-10(23(2,21)22)4-5-12(11)17/h3-8H,1-2H3. The summed E-state index contributed by atoms with van der Waals surface area (Å²) >= 11 is 15.5. The van der Waals surface area contributed by atoms with E-state index in [9.17, 15) is 13.2 Å². The molecule has 2 aromatic carbocycles. The summed E-state index contributed by atoms with van der Waals surface area (Å²) in [6.07, 6.45) is 1.07. The average Bonchev–Trinajstić information content (AvgIpc) is 2.45. The van der Waals surface area contributed by atoms with E-state index in [4.69, 9.17) is 23.2 Å². The monoisotopic (exact) mass is 435 g/mol. The zero-order valence-electron chi connectivity index (χ0n) is 12.2. The van der Waals surface area contributed by atoms with Crippen molar-refractivity contribution in [2.75, 3.05) is 18.2 Å². The molecule has 23 heavy (non-hydrogen) atoms. The smallest absolute Gasteiger partial charge is 0.259 e. The maximum atomic E-state index is 12.7. The number of carbonyl (C=O) groups is 1. The van der Waals surface area contributed by atoms with Gasteiger partial charge in [-0.25, -0.2) is 8.42 Å². The Morgan fingerprint density at radius 1 is 1.09 bits per heavy atom. The number of anilines is 1. The molecule has 0 saturated heterocycles. The van der Waals surface area contributed by atoms with E-state index < -0.39 is 15.7 Å². The number of hydrogen-bond donors (Lipinski definition) is 0. The molecule has 2 rings (SSSR count). The normalized spacial score (nSPS) is 11.3. The first-order chi connectivity index (χ1) is 10.6. The predicted octanol–water partition coefficient (Wildman–Crippen LogP) is 4.44. The van der Waals surface area contributed by atoms with Gasteiger partial charge in [-0.2, -0.15) is 0 Å². The second-order valence-corrected chi connectivity index (χ2v) is 8.62. The Hall–Kier alpha value is -1.08. The van der Waals surface area contributed by atoms with Crippen LogP contribution < -0.4 is 4.90 Å². The molecule has 1 amide bonds. The van der Waals surface area contributed by atoms with Crippen LogP contribution in [0.4, 0.5) is 5.69 Å². The largest absolute Gasteiger partial charge is 0.310 e. The van der Waals surface area contributed by atoms with Crippen LogP contribution in [0.5, 0.6) is 0 Å². The van der Waals surface area contributed by atoms with Crippen LogP contribution in [0.3, 0.4) is 0 Å². The van der Waals surface area contributed by atoms with Crippen molar-refractivity contribution in [3.8, 4) is 0 Å². The predicted molar refractivity (Wildman–Crippen MR) is 96.4 cm³/mol. The van der Waals surface area contributed by atoms with Crippen LogP contribution in [-0.2, 0) is 9.84 Å².